The van der Waals surface area contributed by atoms with Gasteiger partial charge in [-0.25, -0.2) is 4.68 Å². The van der Waals surface area contributed by atoms with Crippen LogP contribution in [-0.2, 0) is 6.54 Å². The summed E-state index contributed by atoms with van der Waals surface area (Å²) >= 11 is 0. The number of amides is 1. The summed E-state index contributed by atoms with van der Waals surface area (Å²) in [5.41, 5.74) is 2.33. The molecule has 7 heteroatoms. The fourth-order valence-electron chi connectivity index (χ4n) is 4.72. The van der Waals surface area contributed by atoms with Gasteiger partial charge < -0.3 is 10.2 Å². The lowest BCUT2D eigenvalue weighted by Crippen LogP contribution is -2.47. The summed E-state index contributed by atoms with van der Waals surface area (Å²) in [6, 6.07) is 27.4. The first-order valence-electron chi connectivity index (χ1n) is 12.5. The molecule has 4 aromatic rings. The van der Waals surface area contributed by atoms with Gasteiger partial charge in [-0.1, -0.05) is 66.7 Å². The Labute approximate surface area is 211 Å². The Morgan fingerprint density at radius 3 is 2.17 bits per heavy atom. The maximum atomic E-state index is 13.1. The van der Waals surface area contributed by atoms with Crippen LogP contribution in [0.3, 0.4) is 0 Å². The van der Waals surface area contributed by atoms with E-state index in [1.54, 1.807) is 12.1 Å². The van der Waals surface area contributed by atoms with Crippen molar-refractivity contribution in [2.45, 2.75) is 13.0 Å². The van der Waals surface area contributed by atoms with E-state index in [-0.39, 0.29) is 17.2 Å². The van der Waals surface area contributed by atoms with Gasteiger partial charge in [-0.3, -0.25) is 14.5 Å². The van der Waals surface area contributed by atoms with E-state index in [2.05, 4.69) is 44.5 Å². The van der Waals surface area contributed by atoms with Crippen molar-refractivity contribution in [3.8, 4) is 0 Å². The highest BCUT2D eigenvalue weighted by Gasteiger charge is 2.18. The van der Waals surface area contributed by atoms with Crippen LogP contribution < -0.4 is 15.8 Å². The standard InChI is InChI=1S/C29H31N5O2/c35-28(30-16-9-17-32-18-20-33(21-19-32)24-12-5-2-6-13-24)27-25-14-7-8-15-26(25)29(36)34(31-27)22-23-10-3-1-4-11-23/h1-8,10-15H,9,16-22H2,(H,30,35). The van der Waals surface area contributed by atoms with Crippen LogP contribution in [0, 0.1) is 0 Å². The number of para-hydroxylation sites is 1. The fourth-order valence-corrected chi connectivity index (χ4v) is 4.72. The number of carbonyl (C=O) groups excluding carboxylic acids is 1. The van der Waals surface area contributed by atoms with Gasteiger partial charge in [0, 0.05) is 43.8 Å². The van der Waals surface area contributed by atoms with Crippen molar-refractivity contribution in [2.24, 2.45) is 0 Å². The van der Waals surface area contributed by atoms with Gasteiger partial charge >= 0.3 is 0 Å². The first kappa shape index (κ1) is 23.8. The molecule has 2 heterocycles. The van der Waals surface area contributed by atoms with E-state index in [9.17, 15) is 9.59 Å². The van der Waals surface area contributed by atoms with Crippen LogP contribution >= 0.6 is 0 Å². The second kappa shape index (κ2) is 11.2. The van der Waals surface area contributed by atoms with E-state index in [1.807, 2.05) is 48.5 Å². The van der Waals surface area contributed by atoms with E-state index in [0.717, 1.165) is 44.7 Å². The molecule has 1 N–H and O–H groups in total. The third-order valence-electron chi connectivity index (χ3n) is 6.69. The lowest BCUT2D eigenvalue weighted by atomic mass is 10.1. The maximum absolute atomic E-state index is 13.1. The number of rotatable bonds is 8. The van der Waals surface area contributed by atoms with Crippen molar-refractivity contribution < 1.29 is 4.79 Å². The van der Waals surface area contributed by atoms with Gasteiger partial charge in [0.05, 0.1) is 11.9 Å². The molecular weight excluding hydrogens is 450 g/mol. The van der Waals surface area contributed by atoms with E-state index >= 15 is 0 Å². The number of aromatic nitrogens is 2. The fraction of sp³-hybridized carbons (Fsp3) is 0.276. The van der Waals surface area contributed by atoms with Gasteiger partial charge in [0.25, 0.3) is 11.5 Å². The summed E-state index contributed by atoms with van der Waals surface area (Å²) in [6.07, 6.45) is 0.860. The van der Waals surface area contributed by atoms with Gasteiger partial charge in [0.1, 0.15) is 0 Å². The molecule has 1 aliphatic heterocycles. The van der Waals surface area contributed by atoms with Crippen molar-refractivity contribution in [1.82, 2.24) is 20.0 Å². The molecule has 0 aliphatic carbocycles. The number of fused-ring (bicyclic) bond motifs is 1. The minimum absolute atomic E-state index is 0.194. The Hall–Kier alpha value is -3.97. The van der Waals surface area contributed by atoms with Crippen LogP contribution in [0.1, 0.15) is 22.5 Å². The quantitative estimate of drug-likeness (QED) is 0.391. The number of anilines is 1. The minimum atomic E-state index is -0.248. The first-order chi connectivity index (χ1) is 17.7. The molecule has 1 amide bonds. The normalized spacial score (nSPS) is 14.2. The van der Waals surface area contributed by atoms with E-state index < -0.39 is 0 Å². The number of nitrogens with one attached hydrogen (secondary N) is 1. The number of benzene rings is 3. The Balaban J connectivity index is 1.19. The lowest BCUT2D eigenvalue weighted by molar-refractivity contribution is 0.0946. The molecular formula is C29H31N5O2. The average Bonchev–Trinajstić information content (AvgIpc) is 2.94. The van der Waals surface area contributed by atoms with Gasteiger partial charge in [-0.05, 0) is 36.7 Å². The summed E-state index contributed by atoms with van der Waals surface area (Å²) in [4.78, 5) is 31.0. The highest BCUT2D eigenvalue weighted by Crippen LogP contribution is 2.16. The van der Waals surface area contributed by atoms with Crippen molar-refractivity contribution >= 4 is 22.4 Å². The molecule has 1 aliphatic rings. The van der Waals surface area contributed by atoms with Gasteiger partial charge in [0.15, 0.2) is 5.69 Å². The van der Waals surface area contributed by atoms with E-state index in [4.69, 9.17) is 0 Å². The molecule has 0 unspecified atom stereocenters. The van der Waals surface area contributed by atoms with Crippen LogP contribution in [-0.4, -0.2) is 59.9 Å². The second-order valence-corrected chi connectivity index (χ2v) is 9.12. The molecule has 1 fully saturated rings. The Morgan fingerprint density at radius 1 is 0.806 bits per heavy atom. The third kappa shape index (κ3) is 5.47. The molecule has 7 nitrogen and oxygen atoms in total. The minimum Gasteiger partial charge on any atom is -0.369 e. The summed E-state index contributed by atoms with van der Waals surface area (Å²) in [7, 11) is 0. The van der Waals surface area contributed by atoms with Crippen LogP contribution in [0.4, 0.5) is 5.69 Å². The van der Waals surface area contributed by atoms with Crippen molar-refractivity contribution in [3.05, 3.63) is 107 Å². The number of nitrogens with zero attached hydrogens (tertiary/aromatic N) is 4. The Bertz CT molecular complexity index is 1360. The first-order valence-corrected chi connectivity index (χ1v) is 12.5. The zero-order valence-electron chi connectivity index (χ0n) is 20.3. The molecule has 36 heavy (non-hydrogen) atoms. The van der Waals surface area contributed by atoms with Crippen molar-refractivity contribution in [1.29, 1.82) is 0 Å². The predicted molar refractivity (Wildman–Crippen MR) is 144 cm³/mol. The number of piperazine rings is 1. The summed E-state index contributed by atoms with van der Waals surface area (Å²) in [5.74, 6) is -0.248. The van der Waals surface area contributed by atoms with E-state index in [1.165, 1.54) is 10.4 Å². The maximum Gasteiger partial charge on any atom is 0.274 e. The largest absolute Gasteiger partial charge is 0.369 e. The zero-order valence-corrected chi connectivity index (χ0v) is 20.3. The smallest absolute Gasteiger partial charge is 0.274 e. The topological polar surface area (TPSA) is 70.5 Å². The summed E-state index contributed by atoms with van der Waals surface area (Å²) in [6.45, 7) is 5.86. The molecule has 0 radical (unpaired) electrons. The van der Waals surface area contributed by atoms with Crippen LogP contribution in [0.2, 0.25) is 0 Å². The van der Waals surface area contributed by atoms with Gasteiger partial charge in [0.2, 0.25) is 0 Å². The highest BCUT2D eigenvalue weighted by atomic mass is 16.2. The highest BCUT2D eigenvalue weighted by molar-refractivity contribution is 6.04. The second-order valence-electron chi connectivity index (χ2n) is 9.12. The monoisotopic (exact) mass is 481 g/mol. The Morgan fingerprint density at radius 2 is 1.44 bits per heavy atom. The molecule has 0 bridgehead atoms. The van der Waals surface area contributed by atoms with Gasteiger partial charge in [-0.15, -0.1) is 0 Å². The molecule has 0 atom stereocenters. The summed E-state index contributed by atoms with van der Waals surface area (Å²) < 4.78 is 1.39. The van der Waals surface area contributed by atoms with Crippen molar-refractivity contribution in [2.75, 3.05) is 44.2 Å². The van der Waals surface area contributed by atoms with E-state index in [0.29, 0.717) is 23.9 Å². The molecule has 0 spiro atoms. The lowest BCUT2D eigenvalue weighted by Gasteiger charge is -2.36. The number of hydrogen-bond donors (Lipinski definition) is 1. The molecule has 5 rings (SSSR count). The molecule has 0 saturated carbocycles. The van der Waals surface area contributed by atoms with Crippen LogP contribution in [0.5, 0.6) is 0 Å². The Kier molecular flexibility index (Phi) is 7.38. The number of hydrogen-bond acceptors (Lipinski definition) is 5. The molecule has 1 aromatic heterocycles. The molecule has 3 aromatic carbocycles. The SMILES string of the molecule is O=C(NCCCN1CCN(c2ccccc2)CC1)c1nn(Cc2ccccc2)c(=O)c2ccccc12. The predicted octanol–water partition coefficient (Wildman–Crippen LogP) is 3.39. The van der Waals surface area contributed by atoms with Crippen molar-refractivity contribution in [3.63, 3.8) is 0 Å². The molecule has 1 saturated heterocycles. The number of carbonyl (C=O) groups is 1. The average molecular weight is 482 g/mol. The summed E-state index contributed by atoms with van der Waals surface area (Å²) in [5, 5.41) is 8.59. The van der Waals surface area contributed by atoms with Crippen LogP contribution in [0.25, 0.3) is 10.8 Å². The van der Waals surface area contributed by atoms with Crippen LogP contribution in [0.15, 0.2) is 89.7 Å². The van der Waals surface area contributed by atoms with Gasteiger partial charge in [-0.2, -0.15) is 5.10 Å². The third-order valence-corrected chi connectivity index (χ3v) is 6.69. The zero-order chi connectivity index (χ0) is 24.7. The molecule has 184 valence electrons.